The molecule has 0 bridgehead atoms. The van der Waals surface area contributed by atoms with Crippen LogP contribution in [0.15, 0.2) is 30.3 Å². The second kappa shape index (κ2) is 6.08. The van der Waals surface area contributed by atoms with Crippen LogP contribution in [0.25, 0.3) is 0 Å². The Kier molecular flexibility index (Phi) is 4.16. The van der Waals surface area contributed by atoms with Crippen molar-refractivity contribution >= 4 is 11.8 Å². The average molecular weight is 301 g/mol. The van der Waals surface area contributed by atoms with E-state index >= 15 is 0 Å². The van der Waals surface area contributed by atoms with Crippen LogP contribution in [0.1, 0.15) is 18.4 Å². The summed E-state index contributed by atoms with van der Waals surface area (Å²) in [7, 11) is 2.06. The van der Waals surface area contributed by atoms with Gasteiger partial charge in [-0.3, -0.25) is 9.59 Å². The van der Waals surface area contributed by atoms with E-state index in [1.807, 2.05) is 35.2 Å². The molecular weight excluding hydrogens is 278 g/mol. The number of hydrogen-bond donors (Lipinski definition) is 1. The van der Waals surface area contributed by atoms with E-state index in [1.165, 1.54) is 0 Å². The van der Waals surface area contributed by atoms with E-state index in [-0.39, 0.29) is 11.8 Å². The van der Waals surface area contributed by atoms with E-state index in [1.54, 1.807) is 0 Å². The van der Waals surface area contributed by atoms with Gasteiger partial charge >= 0.3 is 0 Å². The van der Waals surface area contributed by atoms with Gasteiger partial charge in [0.1, 0.15) is 5.41 Å². The third-order valence-electron chi connectivity index (χ3n) is 4.68. The van der Waals surface area contributed by atoms with Crippen molar-refractivity contribution in [2.75, 3.05) is 33.2 Å². The number of likely N-dealkylation sites (N-methyl/N-ethyl adjacent to an activating group) is 1. The molecule has 1 N–H and O–H groups in total. The van der Waals surface area contributed by atoms with Gasteiger partial charge in [-0.1, -0.05) is 30.3 Å². The Labute approximate surface area is 131 Å². The number of amides is 2. The molecule has 0 aromatic heterocycles. The Balaban J connectivity index is 1.58. The zero-order valence-electron chi connectivity index (χ0n) is 13.0. The summed E-state index contributed by atoms with van der Waals surface area (Å²) in [6.07, 6.45) is 1.36. The van der Waals surface area contributed by atoms with Crippen LogP contribution in [0.5, 0.6) is 0 Å². The number of nitrogens with one attached hydrogen (secondary N) is 1. The van der Waals surface area contributed by atoms with Crippen LogP contribution in [-0.4, -0.2) is 54.8 Å². The van der Waals surface area contributed by atoms with E-state index in [9.17, 15) is 9.59 Å². The van der Waals surface area contributed by atoms with E-state index in [0.717, 1.165) is 31.7 Å². The fraction of sp³-hybridized carbons (Fsp3) is 0.529. The molecule has 118 valence electrons. The highest BCUT2D eigenvalue weighted by atomic mass is 16.2. The van der Waals surface area contributed by atoms with E-state index in [4.69, 9.17) is 0 Å². The van der Waals surface area contributed by atoms with Crippen LogP contribution >= 0.6 is 0 Å². The summed E-state index contributed by atoms with van der Waals surface area (Å²) in [5.41, 5.74) is 0.267. The first-order valence-corrected chi connectivity index (χ1v) is 7.92. The minimum Gasteiger partial charge on any atom is -0.351 e. The molecule has 3 rings (SSSR count). The van der Waals surface area contributed by atoms with Crippen LogP contribution in [0.4, 0.5) is 0 Å². The fourth-order valence-electron chi connectivity index (χ4n) is 2.92. The summed E-state index contributed by atoms with van der Waals surface area (Å²) < 4.78 is 0. The molecule has 1 aliphatic carbocycles. The van der Waals surface area contributed by atoms with Crippen LogP contribution in [0, 0.1) is 5.41 Å². The number of carbonyl (C=O) groups excluding carboxylic acids is 2. The number of nitrogens with zero attached hydrogens (tertiary/aromatic N) is 2. The van der Waals surface area contributed by atoms with Gasteiger partial charge in [-0.05, 0) is 25.5 Å². The van der Waals surface area contributed by atoms with Crippen molar-refractivity contribution in [3.63, 3.8) is 0 Å². The molecular formula is C17H23N3O2. The van der Waals surface area contributed by atoms with E-state index in [0.29, 0.717) is 19.4 Å². The van der Waals surface area contributed by atoms with Crippen LogP contribution in [-0.2, 0) is 16.1 Å². The lowest BCUT2D eigenvalue weighted by atomic mass is 10.0. The van der Waals surface area contributed by atoms with Crippen LogP contribution < -0.4 is 5.32 Å². The fourth-order valence-corrected chi connectivity index (χ4v) is 2.92. The Hall–Kier alpha value is -1.88. The highest BCUT2D eigenvalue weighted by molar-refractivity contribution is 6.07. The third kappa shape index (κ3) is 2.99. The maximum atomic E-state index is 12.7. The monoisotopic (exact) mass is 301 g/mol. The number of carbonyl (C=O) groups is 2. The Morgan fingerprint density at radius 2 is 1.73 bits per heavy atom. The van der Waals surface area contributed by atoms with Crippen molar-refractivity contribution in [2.45, 2.75) is 19.4 Å². The van der Waals surface area contributed by atoms with Gasteiger partial charge in [0.25, 0.3) is 0 Å². The molecule has 5 nitrogen and oxygen atoms in total. The molecule has 0 atom stereocenters. The second-order valence-electron chi connectivity index (χ2n) is 6.35. The number of rotatable bonds is 4. The van der Waals surface area contributed by atoms with Crippen molar-refractivity contribution in [3.8, 4) is 0 Å². The normalized spacial score (nSPS) is 20.5. The highest BCUT2D eigenvalue weighted by Crippen LogP contribution is 2.47. The molecule has 0 unspecified atom stereocenters. The summed E-state index contributed by atoms with van der Waals surface area (Å²) in [4.78, 5) is 29.2. The van der Waals surface area contributed by atoms with Gasteiger partial charge in [-0.15, -0.1) is 0 Å². The number of piperazine rings is 1. The van der Waals surface area contributed by atoms with Gasteiger partial charge in [0.2, 0.25) is 11.8 Å². The molecule has 5 heteroatoms. The summed E-state index contributed by atoms with van der Waals surface area (Å²) in [6, 6.07) is 9.79. The van der Waals surface area contributed by atoms with Gasteiger partial charge < -0.3 is 15.1 Å². The lowest BCUT2D eigenvalue weighted by Crippen LogP contribution is -2.52. The first kappa shape index (κ1) is 15.0. The van der Waals surface area contributed by atoms with Gasteiger partial charge in [0.05, 0.1) is 0 Å². The van der Waals surface area contributed by atoms with E-state index in [2.05, 4.69) is 17.3 Å². The highest BCUT2D eigenvalue weighted by Gasteiger charge is 2.57. The van der Waals surface area contributed by atoms with Gasteiger partial charge in [-0.2, -0.15) is 0 Å². The zero-order valence-corrected chi connectivity index (χ0v) is 13.0. The van der Waals surface area contributed by atoms with Crippen molar-refractivity contribution in [1.82, 2.24) is 15.1 Å². The lowest BCUT2D eigenvalue weighted by Gasteiger charge is -2.34. The maximum absolute atomic E-state index is 12.7. The molecule has 0 radical (unpaired) electrons. The smallest absolute Gasteiger partial charge is 0.238 e. The Morgan fingerprint density at radius 3 is 2.32 bits per heavy atom. The predicted molar refractivity (Wildman–Crippen MR) is 84.0 cm³/mol. The molecule has 1 aliphatic heterocycles. The molecule has 1 aromatic carbocycles. The number of hydrogen-bond acceptors (Lipinski definition) is 3. The Morgan fingerprint density at radius 1 is 1.09 bits per heavy atom. The van der Waals surface area contributed by atoms with Gasteiger partial charge in [-0.25, -0.2) is 0 Å². The van der Waals surface area contributed by atoms with E-state index < -0.39 is 5.41 Å². The molecule has 2 aliphatic rings. The molecule has 1 aromatic rings. The van der Waals surface area contributed by atoms with Crippen molar-refractivity contribution in [3.05, 3.63) is 35.9 Å². The molecule has 2 fully saturated rings. The van der Waals surface area contributed by atoms with Gasteiger partial charge in [0, 0.05) is 32.7 Å². The van der Waals surface area contributed by atoms with Crippen molar-refractivity contribution in [2.24, 2.45) is 5.41 Å². The predicted octanol–water partition coefficient (Wildman–Crippen LogP) is 0.857. The molecule has 2 amide bonds. The number of benzene rings is 1. The van der Waals surface area contributed by atoms with Crippen LogP contribution in [0.2, 0.25) is 0 Å². The van der Waals surface area contributed by atoms with Crippen molar-refractivity contribution < 1.29 is 9.59 Å². The van der Waals surface area contributed by atoms with Gasteiger partial charge in [0.15, 0.2) is 0 Å². The first-order valence-electron chi connectivity index (χ1n) is 7.92. The maximum Gasteiger partial charge on any atom is 0.238 e. The Bertz CT molecular complexity index is 546. The minimum atomic E-state index is -0.787. The van der Waals surface area contributed by atoms with Crippen molar-refractivity contribution in [1.29, 1.82) is 0 Å². The first-order chi connectivity index (χ1) is 10.6. The quantitative estimate of drug-likeness (QED) is 0.839. The lowest BCUT2D eigenvalue weighted by molar-refractivity contribution is -0.145. The molecule has 1 saturated heterocycles. The average Bonchev–Trinajstić information content (AvgIpc) is 3.35. The summed E-state index contributed by atoms with van der Waals surface area (Å²) in [6.45, 7) is 3.70. The summed E-state index contributed by atoms with van der Waals surface area (Å²) >= 11 is 0. The molecule has 1 saturated carbocycles. The zero-order chi connectivity index (χ0) is 15.6. The standard InChI is InChI=1S/C17H23N3O2/c1-19-9-11-20(12-10-19)16(22)17(7-8-17)15(21)18-13-14-5-3-2-4-6-14/h2-6H,7-13H2,1H3,(H,18,21). The third-order valence-corrected chi connectivity index (χ3v) is 4.68. The minimum absolute atomic E-state index is 0.0196. The largest absolute Gasteiger partial charge is 0.351 e. The second-order valence-corrected chi connectivity index (χ2v) is 6.35. The molecule has 22 heavy (non-hydrogen) atoms. The summed E-state index contributed by atoms with van der Waals surface area (Å²) in [5.74, 6) is -0.0913. The topological polar surface area (TPSA) is 52.7 Å². The summed E-state index contributed by atoms with van der Waals surface area (Å²) in [5, 5.41) is 2.93. The molecule has 0 spiro atoms. The van der Waals surface area contributed by atoms with Crippen LogP contribution in [0.3, 0.4) is 0 Å². The SMILES string of the molecule is CN1CCN(C(=O)C2(C(=O)NCc3ccccc3)CC2)CC1. The molecule has 1 heterocycles.